The van der Waals surface area contributed by atoms with E-state index in [1.807, 2.05) is 6.07 Å². The van der Waals surface area contributed by atoms with Crippen molar-refractivity contribution in [3.05, 3.63) is 28.3 Å². The van der Waals surface area contributed by atoms with Crippen LogP contribution < -0.4 is 10.6 Å². The molecule has 1 saturated heterocycles. The van der Waals surface area contributed by atoms with Crippen LogP contribution in [0.3, 0.4) is 0 Å². The van der Waals surface area contributed by atoms with Crippen LogP contribution in [-0.2, 0) is 0 Å². The van der Waals surface area contributed by atoms with E-state index in [2.05, 4.69) is 23.6 Å². The molecule has 2 N–H and O–H groups in total. The molecule has 2 aliphatic rings. The van der Waals surface area contributed by atoms with E-state index in [1.165, 1.54) is 23.2 Å². The second-order valence-electron chi connectivity index (χ2n) is 4.50. The highest BCUT2D eigenvalue weighted by atomic mass is 35.5. The number of hydrogen-bond donors (Lipinski definition) is 2. The van der Waals surface area contributed by atoms with Gasteiger partial charge in [-0.1, -0.05) is 17.7 Å². The maximum absolute atomic E-state index is 6.29. The average Bonchev–Trinajstić information content (AvgIpc) is 2.64. The Kier molecular flexibility index (Phi) is 2.15. The first-order chi connectivity index (χ1) is 7.27. The van der Waals surface area contributed by atoms with Crippen LogP contribution in [0.5, 0.6) is 0 Å². The average molecular weight is 223 g/mol. The predicted octanol–water partition coefficient (Wildman–Crippen LogP) is 2.52. The minimum Gasteiger partial charge on any atom is -0.381 e. The summed E-state index contributed by atoms with van der Waals surface area (Å²) in [6, 6.07) is 4.70. The van der Waals surface area contributed by atoms with E-state index in [4.69, 9.17) is 11.6 Å². The van der Waals surface area contributed by atoms with Crippen molar-refractivity contribution in [2.45, 2.75) is 25.3 Å². The lowest BCUT2D eigenvalue weighted by molar-refractivity contribution is 0.440. The van der Waals surface area contributed by atoms with Gasteiger partial charge in [0.2, 0.25) is 0 Å². The summed E-state index contributed by atoms with van der Waals surface area (Å²) in [5.74, 6) is 0.557. The SMILES string of the molecule is Cc1ccc(Cl)c2c1N[C@H]1CCNC[C@@H]21. The Bertz CT molecular complexity index is 403. The first-order valence-electron chi connectivity index (χ1n) is 5.53. The molecule has 2 atom stereocenters. The maximum Gasteiger partial charge on any atom is 0.0462 e. The summed E-state index contributed by atoms with van der Waals surface area (Å²) < 4.78 is 0. The Morgan fingerprint density at radius 3 is 3.13 bits per heavy atom. The highest BCUT2D eigenvalue weighted by Crippen LogP contribution is 2.43. The van der Waals surface area contributed by atoms with Gasteiger partial charge in [-0.25, -0.2) is 0 Å². The third-order valence-electron chi connectivity index (χ3n) is 3.58. The summed E-state index contributed by atoms with van der Waals surface area (Å²) in [4.78, 5) is 0. The Morgan fingerprint density at radius 2 is 2.27 bits per heavy atom. The van der Waals surface area contributed by atoms with Gasteiger partial charge in [-0.3, -0.25) is 0 Å². The third kappa shape index (κ3) is 1.35. The first kappa shape index (κ1) is 9.49. The van der Waals surface area contributed by atoms with Gasteiger partial charge in [0.05, 0.1) is 0 Å². The number of halogens is 1. The van der Waals surface area contributed by atoms with Crippen LogP contribution in [-0.4, -0.2) is 19.1 Å². The molecule has 2 heterocycles. The highest BCUT2D eigenvalue weighted by Gasteiger charge is 2.36. The summed E-state index contributed by atoms with van der Waals surface area (Å²) in [6.07, 6.45) is 1.19. The predicted molar refractivity (Wildman–Crippen MR) is 63.8 cm³/mol. The molecule has 0 bridgehead atoms. The minimum atomic E-state index is 0.557. The van der Waals surface area contributed by atoms with E-state index in [0.29, 0.717) is 12.0 Å². The number of aryl methyl sites for hydroxylation is 1. The van der Waals surface area contributed by atoms with Crippen LogP contribution >= 0.6 is 11.6 Å². The van der Waals surface area contributed by atoms with Crippen LogP contribution in [0.25, 0.3) is 0 Å². The zero-order valence-electron chi connectivity index (χ0n) is 8.81. The standard InChI is InChI=1S/C12H15ClN2/c1-7-2-3-9(13)11-8-6-14-5-4-10(8)15-12(7)11/h2-3,8,10,14-15H,4-6H2,1H3/t8-,10+/m1/s1. The Hall–Kier alpha value is -0.730. The number of benzene rings is 1. The Morgan fingerprint density at radius 1 is 1.40 bits per heavy atom. The lowest BCUT2D eigenvalue weighted by Crippen LogP contribution is -2.38. The van der Waals surface area contributed by atoms with Crippen LogP contribution in [0.4, 0.5) is 5.69 Å². The van der Waals surface area contributed by atoms with E-state index in [9.17, 15) is 0 Å². The van der Waals surface area contributed by atoms with Crippen LogP contribution in [0.15, 0.2) is 12.1 Å². The minimum absolute atomic E-state index is 0.557. The third-order valence-corrected chi connectivity index (χ3v) is 3.91. The normalized spacial score (nSPS) is 28.1. The van der Waals surface area contributed by atoms with Crippen molar-refractivity contribution in [2.75, 3.05) is 18.4 Å². The fourth-order valence-electron chi connectivity index (χ4n) is 2.78. The van der Waals surface area contributed by atoms with Crippen molar-refractivity contribution in [1.82, 2.24) is 5.32 Å². The summed E-state index contributed by atoms with van der Waals surface area (Å²) in [6.45, 7) is 4.31. The van der Waals surface area contributed by atoms with E-state index in [1.54, 1.807) is 0 Å². The van der Waals surface area contributed by atoms with Gasteiger partial charge in [-0.15, -0.1) is 0 Å². The van der Waals surface area contributed by atoms with Crippen molar-refractivity contribution in [1.29, 1.82) is 0 Å². The number of fused-ring (bicyclic) bond motifs is 3. The molecule has 0 spiro atoms. The molecule has 3 heteroatoms. The van der Waals surface area contributed by atoms with Gasteiger partial charge in [0.15, 0.2) is 0 Å². The quantitative estimate of drug-likeness (QED) is 0.705. The van der Waals surface area contributed by atoms with Gasteiger partial charge in [0.1, 0.15) is 0 Å². The van der Waals surface area contributed by atoms with Gasteiger partial charge < -0.3 is 10.6 Å². The van der Waals surface area contributed by atoms with Gasteiger partial charge in [0.25, 0.3) is 0 Å². The fourth-order valence-corrected chi connectivity index (χ4v) is 3.07. The van der Waals surface area contributed by atoms with Crippen molar-refractivity contribution in [2.24, 2.45) is 0 Å². The van der Waals surface area contributed by atoms with Crippen molar-refractivity contribution in [3.8, 4) is 0 Å². The second kappa shape index (κ2) is 3.39. The number of rotatable bonds is 0. The summed E-state index contributed by atoms with van der Waals surface area (Å²) in [5.41, 5.74) is 3.92. The van der Waals surface area contributed by atoms with Crippen molar-refractivity contribution in [3.63, 3.8) is 0 Å². The molecule has 3 rings (SSSR count). The fraction of sp³-hybridized carbons (Fsp3) is 0.500. The highest BCUT2D eigenvalue weighted by molar-refractivity contribution is 6.32. The smallest absolute Gasteiger partial charge is 0.0462 e. The molecule has 0 unspecified atom stereocenters. The molecule has 0 aromatic heterocycles. The van der Waals surface area contributed by atoms with Gasteiger partial charge in [-0.2, -0.15) is 0 Å². The number of piperidine rings is 1. The molecule has 2 nitrogen and oxygen atoms in total. The largest absolute Gasteiger partial charge is 0.381 e. The molecule has 15 heavy (non-hydrogen) atoms. The zero-order valence-corrected chi connectivity index (χ0v) is 9.56. The Balaban J connectivity index is 2.11. The van der Waals surface area contributed by atoms with Crippen LogP contribution in [0, 0.1) is 6.92 Å². The summed E-state index contributed by atoms with van der Waals surface area (Å²) in [5, 5.41) is 7.98. The molecule has 80 valence electrons. The lowest BCUT2D eigenvalue weighted by Gasteiger charge is -2.26. The number of hydrogen-bond acceptors (Lipinski definition) is 2. The molecule has 1 aromatic carbocycles. The molecule has 0 aliphatic carbocycles. The number of anilines is 1. The topological polar surface area (TPSA) is 24.1 Å². The van der Waals surface area contributed by atoms with Crippen molar-refractivity contribution < 1.29 is 0 Å². The van der Waals surface area contributed by atoms with E-state index >= 15 is 0 Å². The van der Waals surface area contributed by atoms with E-state index in [0.717, 1.165) is 18.1 Å². The monoisotopic (exact) mass is 222 g/mol. The molecular weight excluding hydrogens is 208 g/mol. The summed E-state index contributed by atoms with van der Waals surface area (Å²) >= 11 is 6.29. The van der Waals surface area contributed by atoms with Crippen LogP contribution in [0.2, 0.25) is 5.02 Å². The zero-order chi connectivity index (χ0) is 10.4. The molecule has 2 aliphatic heterocycles. The number of nitrogens with one attached hydrogen (secondary N) is 2. The van der Waals surface area contributed by atoms with Crippen LogP contribution in [0.1, 0.15) is 23.5 Å². The molecular formula is C12H15ClN2. The van der Waals surface area contributed by atoms with Gasteiger partial charge in [0, 0.05) is 34.8 Å². The Labute approximate surface area is 95.0 Å². The summed E-state index contributed by atoms with van der Waals surface area (Å²) in [7, 11) is 0. The van der Waals surface area contributed by atoms with Crippen molar-refractivity contribution >= 4 is 17.3 Å². The maximum atomic E-state index is 6.29. The molecule has 1 aromatic rings. The second-order valence-corrected chi connectivity index (χ2v) is 4.91. The van der Waals surface area contributed by atoms with E-state index < -0.39 is 0 Å². The molecule has 1 fully saturated rings. The molecule has 0 saturated carbocycles. The first-order valence-corrected chi connectivity index (χ1v) is 5.91. The van der Waals surface area contributed by atoms with E-state index in [-0.39, 0.29) is 0 Å². The lowest BCUT2D eigenvalue weighted by atomic mass is 9.90. The van der Waals surface area contributed by atoms with Gasteiger partial charge >= 0.3 is 0 Å². The van der Waals surface area contributed by atoms with Gasteiger partial charge in [-0.05, 0) is 31.5 Å². The molecule has 0 amide bonds. The molecule has 0 radical (unpaired) electrons.